The van der Waals surface area contributed by atoms with E-state index in [4.69, 9.17) is 18.8 Å². The minimum Gasteiger partial charge on any atom is -0.529 e. The van der Waals surface area contributed by atoms with Crippen LogP contribution in [0, 0.1) is 0 Å². The van der Waals surface area contributed by atoms with E-state index in [0.717, 1.165) is 11.1 Å². The van der Waals surface area contributed by atoms with Gasteiger partial charge in [0, 0.05) is 24.0 Å². The number of aliphatic hydroxyl groups is 2. The van der Waals surface area contributed by atoms with Gasteiger partial charge in [0.25, 0.3) is 0 Å². The van der Waals surface area contributed by atoms with Gasteiger partial charge in [0.05, 0.1) is 12.2 Å². The van der Waals surface area contributed by atoms with Crippen molar-refractivity contribution in [2.24, 2.45) is 0 Å². The topological polar surface area (TPSA) is 77.4 Å². The fourth-order valence-electron chi connectivity index (χ4n) is 3.93. The van der Waals surface area contributed by atoms with Crippen LogP contribution in [-0.4, -0.2) is 29.1 Å². The van der Waals surface area contributed by atoms with Crippen molar-refractivity contribution in [1.29, 1.82) is 0 Å². The molecule has 2 atom stereocenters. The van der Waals surface area contributed by atoms with Crippen LogP contribution in [0.1, 0.15) is 63.9 Å². The van der Waals surface area contributed by atoms with Crippen molar-refractivity contribution in [2.45, 2.75) is 63.9 Å². The summed E-state index contributed by atoms with van der Waals surface area (Å²) in [5.41, 5.74) is 0.652. The molecular weight excluding hydrogens is 371 g/mol. The molecule has 2 N–H and O–H groups in total. The average Bonchev–Trinajstić information content (AvgIpc) is 2.61. The first-order valence-electron chi connectivity index (χ1n) is 9.90. The maximum Gasteiger partial charge on any atom is 0.576 e. The van der Waals surface area contributed by atoms with Crippen molar-refractivity contribution in [3.63, 3.8) is 0 Å². The highest BCUT2D eigenvalue weighted by molar-refractivity contribution is 6.20. The minimum absolute atomic E-state index is 0.00244. The molecule has 2 aliphatic heterocycles. The van der Waals surface area contributed by atoms with Crippen molar-refractivity contribution in [3.05, 3.63) is 47.5 Å². The highest BCUT2D eigenvalue weighted by Crippen LogP contribution is 2.42. The lowest BCUT2D eigenvalue weighted by Gasteiger charge is -2.35. The molecule has 6 nitrogen and oxygen atoms in total. The zero-order chi connectivity index (χ0) is 20.8. The van der Waals surface area contributed by atoms with Crippen LogP contribution in [0.15, 0.2) is 36.4 Å². The largest absolute Gasteiger partial charge is 0.576 e. The highest BCUT2D eigenvalue weighted by Gasteiger charge is 2.34. The number of ether oxygens (including phenoxy) is 2. The molecule has 7 heteroatoms. The number of benzene rings is 2. The number of rotatable bonds is 4. The maximum absolute atomic E-state index is 10.4. The standard InChI is InChI=1S/C22H27BO6/c1-21(2)11-17(24)15-9-13(5-7-19(15)26-21)28-23-29-14-6-8-20-16(10-14)18(25)12-22(3,4)27-20/h5-10,17-18,23-25H,11-12H2,1-4H3. The van der Waals surface area contributed by atoms with E-state index in [9.17, 15) is 10.2 Å². The molecule has 2 aromatic carbocycles. The summed E-state index contributed by atoms with van der Waals surface area (Å²) in [6, 6.07) is 10.8. The van der Waals surface area contributed by atoms with Gasteiger partial charge < -0.3 is 29.0 Å². The van der Waals surface area contributed by atoms with E-state index in [1.54, 1.807) is 24.3 Å². The Bertz CT molecular complexity index is 837. The van der Waals surface area contributed by atoms with E-state index in [2.05, 4.69) is 0 Å². The Hall–Kier alpha value is -2.38. The summed E-state index contributed by atoms with van der Waals surface area (Å²) in [5, 5.41) is 20.8. The third kappa shape index (κ3) is 4.31. The Morgan fingerprint density at radius 1 is 0.793 bits per heavy atom. The Morgan fingerprint density at radius 3 is 1.62 bits per heavy atom. The van der Waals surface area contributed by atoms with Gasteiger partial charge in [0.2, 0.25) is 0 Å². The smallest absolute Gasteiger partial charge is 0.529 e. The van der Waals surface area contributed by atoms with E-state index < -0.39 is 23.4 Å². The van der Waals surface area contributed by atoms with Crippen LogP contribution in [-0.2, 0) is 0 Å². The molecule has 4 rings (SSSR count). The van der Waals surface area contributed by atoms with Crippen LogP contribution in [0.4, 0.5) is 0 Å². The molecule has 0 bridgehead atoms. The van der Waals surface area contributed by atoms with Gasteiger partial charge in [0.15, 0.2) is 0 Å². The summed E-state index contributed by atoms with van der Waals surface area (Å²) in [4.78, 5) is 0. The van der Waals surface area contributed by atoms with Gasteiger partial charge in [-0.15, -0.1) is 0 Å². The molecule has 0 amide bonds. The van der Waals surface area contributed by atoms with Crippen molar-refractivity contribution in [1.82, 2.24) is 0 Å². The SMILES string of the molecule is CC1(C)CC(O)c2cc(OBOc3ccc4c(c3)C(O)CC(C)(C)O4)ccc2O1. The molecule has 2 unspecified atom stereocenters. The van der Waals surface area contributed by atoms with Crippen LogP contribution < -0.4 is 18.8 Å². The predicted octanol–water partition coefficient (Wildman–Crippen LogP) is 3.60. The minimum atomic E-state index is -0.593. The molecule has 2 heterocycles. The molecule has 154 valence electrons. The van der Waals surface area contributed by atoms with Crippen molar-refractivity contribution >= 4 is 7.69 Å². The van der Waals surface area contributed by atoms with Crippen molar-refractivity contribution in [2.75, 3.05) is 0 Å². The molecule has 0 aliphatic carbocycles. The molecule has 2 aliphatic rings. The van der Waals surface area contributed by atoms with Gasteiger partial charge in [-0.25, -0.2) is 0 Å². The lowest BCUT2D eigenvalue weighted by Crippen LogP contribution is -2.34. The molecule has 2 aromatic rings. The first-order chi connectivity index (χ1) is 13.6. The van der Waals surface area contributed by atoms with Crippen LogP contribution in [0.25, 0.3) is 0 Å². The Balaban J connectivity index is 1.40. The third-order valence-electron chi connectivity index (χ3n) is 5.27. The molecule has 0 radical (unpaired) electrons. The van der Waals surface area contributed by atoms with Gasteiger partial charge in [-0.3, -0.25) is 0 Å². The Kier molecular flexibility index (Phi) is 4.91. The molecule has 0 fully saturated rings. The Labute approximate surface area is 171 Å². The second-order valence-corrected chi connectivity index (χ2v) is 8.97. The van der Waals surface area contributed by atoms with Gasteiger partial charge in [0.1, 0.15) is 34.2 Å². The third-order valence-corrected chi connectivity index (χ3v) is 5.27. The van der Waals surface area contributed by atoms with Gasteiger partial charge >= 0.3 is 7.69 Å². The summed E-state index contributed by atoms with van der Waals surface area (Å²) in [5.74, 6) is 2.53. The first kappa shape index (κ1) is 19.9. The normalized spacial score (nSPS) is 23.7. The fourth-order valence-corrected chi connectivity index (χ4v) is 3.93. The van der Waals surface area contributed by atoms with E-state index >= 15 is 0 Å². The van der Waals surface area contributed by atoms with Crippen LogP contribution >= 0.6 is 0 Å². The Morgan fingerprint density at radius 2 is 1.21 bits per heavy atom. The quantitative estimate of drug-likeness (QED) is 0.767. The van der Waals surface area contributed by atoms with E-state index in [1.165, 1.54) is 0 Å². The zero-order valence-corrected chi connectivity index (χ0v) is 17.3. The highest BCUT2D eigenvalue weighted by atomic mass is 16.6. The first-order valence-corrected chi connectivity index (χ1v) is 9.90. The predicted molar refractivity (Wildman–Crippen MR) is 110 cm³/mol. The molecule has 0 saturated heterocycles. The number of aliphatic hydroxyl groups excluding tert-OH is 2. The van der Waals surface area contributed by atoms with E-state index in [1.807, 2.05) is 39.8 Å². The maximum atomic E-state index is 10.4. The molecule has 29 heavy (non-hydrogen) atoms. The zero-order valence-electron chi connectivity index (χ0n) is 17.3. The number of hydrogen-bond donors (Lipinski definition) is 2. The molecule has 0 aromatic heterocycles. The average molecular weight is 398 g/mol. The summed E-state index contributed by atoms with van der Waals surface area (Å²) in [6.45, 7) is 7.83. The number of hydrogen-bond acceptors (Lipinski definition) is 6. The van der Waals surface area contributed by atoms with E-state index in [-0.39, 0.29) is 7.69 Å². The second-order valence-electron chi connectivity index (χ2n) is 8.97. The lowest BCUT2D eigenvalue weighted by molar-refractivity contribution is 0.0108. The molecule has 0 spiro atoms. The van der Waals surface area contributed by atoms with Crippen molar-refractivity contribution in [3.8, 4) is 23.0 Å². The van der Waals surface area contributed by atoms with E-state index in [0.29, 0.717) is 35.8 Å². The lowest BCUT2D eigenvalue weighted by atomic mass is 9.91. The van der Waals surface area contributed by atoms with Crippen LogP contribution in [0.2, 0.25) is 0 Å². The summed E-state index contributed by atoms with van der Waals surface area (Å²) in [6.07, 6.45) is -0.138. The van der Waals surface area contributed by atoms with Gasteiger partial charge in [-0.1, -0.05) is 0 Å². The summed E-state index contributed by atoms with van der Waals surface area (Å²) >= 11 is 0. The summed E-state index contributed by atoms with van der Waals surface area (Å²) < 4.78 is 23.2. The van der Waals surface area contributed by atoms with Crippen LogP contribution in [0.5, 0.6) is 23.0 Å². The molecular formula is C22H27BO6. The van der Waals surface area contributed by atoms with Crippen LogP contribution in [0.3, 0.4) is 0 Å². The fraction of sp³-hybridized carbons (Fsp3) is 0.455. The number of fused-ring (bicyclic) bond motifs is 2. The molecule has 0 saturated carbocycles. The van der Waals surface area contributed by atoms with Gasteiger partial charge in [-0.05, 0) is 64.1 Å². The second kappa shape index (κ2) is 7.15. The summed E-state index contributed by atoms with van der Waals surface area (Å²) in [7, 11) is 0.00244. The van der Waals surface area contributed by atoms with Crippen molar-refractivity contribution < 1.29 is 29.0 Å². The monoisotopic (exact) mass is 398 g/mol. The van der Waals surface area contributed by atoms with Gasteiger partial charge in [-0.2, -0.15) is 0 Å².